The van der Waals surface area contributed by atoms with Gasteiger partial charge in [-0.2, -0.15) is 0 Å². The van der Waals surface area contributed by atoms with Crippen molar-refractivity contribution in [1.29, 1.82) is 0 Å². The van der Waals surface area contributed by atoms with Crippen molar-refractivity contribution in [3.63, 3.8) is 0 Å². The summed E-state index contributed by atoms with van der Waals surface area (Å²) in [7, 11) is 5.81. The van der Waals surface area contributed by atoms with Crippen LogP contribution in [-0.2, 0) is 0 Å². The van der Waals surface area contributed by atoms with Crippen molar-refractivity contribution in [1.82, 2.24) is 15.3 Å². The molecule has 2 aromatic carbocycles. The van der Waals surface area contributed by atoms with Gasteiger partial charge in [0.15, 0.2) is 5.69 Å². The van der Waals surface area contributed by atoms with Crippen molar-refractivity contribution >= 4 is 36.5 Å². The summed E-state index contributed by atoms with van der Waals surface area (Å²) in [5, 5.41) is 8.89. The number of hydrogen-bond donors (Lipinski definition) is 4. The second-order valence-electron chi connectivity index (χ2n) is 8.14. The number of ether oxygens (including phenoxy) is 1. The number of benzene rings is 2. The van der Waals surface area contributed by atoms with Gasteiger partial charge in [-0.3, -0.25) is 9.59 Å². The molecule has 168 valence electrons. The first-order chi connectivity index (χ1) is 16.0. The van der Waals surface area contributed by atoms with Crippen molar-refractivity contribution in [2.75, 3.05) is 30.3 Å². The molecule has 9 heteroatoms. The number of aromatic nitrogens is 2. The lowest BCUT2D eigenvalue weighted by Crippen LogP contribution is -2.30. The van der Waals surface area contributed by atoms with Gasteiger partial charge in [0, 0.05) is 11.4 Å². The first-order valence-corrected chi connectivity index (χ1v) is 11.0. The van der Waals surface area contributed by atoms with Crippen molar-refractivity contribution in [3.05, 3.63) is 65.7 Å². The smallest absolute Gasteiger partial charge is 0.276 e. The van der Waals surface area contributed by atoms with Crippen LogP contribution in [0.25, 0.3) is 0 Å². The number of H-pyrrole nitrogens is 1. The number of anilines is 2. The molecule has 4 N–H and O–H groups in total. The third-order valence-corrected chi connectivity index (χ3v) is 5.65. The highest BCUT2D eigenvalue weighted by Crippen LogP contribution is 2.20. The topological polar surface area (TPSA) is 108 Å². The van der Waals surface area contributed by atoms with Crippen LogP contribution in [0.2, 0.25) is 0 Å². The largest absolute Gasteiger partial charge is 0.493 e. The fourth-order valence-electron chi connectivity index (χ4n) is 3.69. The van der Waals surface area contributed by atoms with Crippen LogP contribution in [0.5, 0.6) is 5.75 Å². The molecule has 4 rings (SSSR count). The molecule has 0 spiro atoms. The summed E-state index contributed by atoms with van der Waals surface area (Å²) in [5.41, 5.74) is 2.60. The maximum absolute atomic E-state index is 12.8. The molecular formula is C24H26BN5O3. The molecule has 0 unspecified atom stereocenters. The first-order valence-electron chi connectivity index (χ1n) is 11.0. The maximum Gasteiger partial charge on any atom is 0.276 e. The Labute approximate surface area is 193 Å². The van der Waals surface area contributed by atoms with E-state index in [-0.39, 0.29) is 11.4 Å². The summed E-state index contributed by atoms with van der Waals surface area (Å²) < 4.78 is 5.88. The van der Waals surface area contributed by atoms with Crippen LogP contribution in [-0.4, -0.2) is 49.3 Å². The molecule has 2 amide bonds. The van der Waals surface area contributed by atoms with Crippen LogP contribution in [0.4, 0.5) is 11.4 Å². The van der Waals surface area contributed by atoms with Crippen molar-refractivity contribution in [3.8, 4) is 5.75 Å². The normalized spacial score (nSPS) is 14.0. The number of aromatic amines is 1. The van der Waals surface area contributed by atoms with Gasteiger partial charge in [0.1, 0.15) is 19.3 Å². The Morgan fingerprint density at radius 2 is 1.85 bits per heavy atom. The van der Waals surface area contributed by atoms with E-state index in [2.05, 4.69) is 25.9 Å². The van der Waals surface area contributed by atoms with Crippen LogP contribution in [0.3, 0.4) is 0 Å². The number of rotatable bonds is 7. The minimum Gasteiger partial charge on any atom is -0.493 e. The number of amides is 2. The Balaban J connectivity index is 1.36. The molecule has 1 aliphatic heterocycles. The summed E-state index contributed by atoms with van der Waals surface area (Å²) in [4.78, 5) is 32.3. The SMILES string of the molecule is [B]c1ccc(C)c(NC(=O)c2[nH]cnc2C(=O)Nc2ccc(OCC3CCNCC3)cc2)c1. The lowest BCUT2D eigenvalue weighted by Gasteiger charge is -2.22. The molecule has 1 aromatic heterocycles. The highest BCUT2D eigenvalue weighted by atomic mass is 16.5. The molecule has 0 bridgehead atoms. The number of imidazole rings is 1. The maximum atomic E-state index is 12.8. The van der Waals surface area contributed by atoms with Crippen molar-refractivity contribution in [2.24, 2.45) is 5.92 Å². The van der Waals surface area contributed by atoms with Gasteiger partial charge in [0.2, 0.25) is 0 Å². The number of hydrogen-bond acceptors (Lipinski definition) is 5. The van der Waals surface area contributed by atoms with Crippen LogP contribution in [0, 0.1) is 12.8 Å². The first kappa shape index (κ1) is 22.6. The highest BCUT2D eigenvalue weighted by molar-refractivity contribution is 6.32. The van der Waals surface area contributed by atoms with E-state index in [9.17, 15) is 9.59 Å². The summed E-state index contributed by atoms with van der Waals surface area (Å²) in [6, 6.07) is 12.4. The molecule has 0 atom stereocenters. The van der Waals surface area contributed by atoms with Gasteiger partial charge in [-0.25, -0.2) is 4.98 Å². The van der Waals surface area contributed by atoms with Gasteiger partial charge in [-0.15, -0.1) is 0 Å². The molecule has 3 aromatic rings. The highest BCUT2D eigenvalue weighted by Gasteiger charge is 2.21. The number of piperidine rings is 1. The molecule has 1 saturated heterocycles. The molecule has 2 heterocycles. The third-order valence-electron chi connectivity index (χ3n) is 5.65. The monoisotopic (exact) mass is 443 g/mol. The fourth-order valence-corrected chi connectivity index (χ4v) is 3.69. The van der Waals surface area contributed by atoms with E-state index in [4.69, 9.17) is 12.6 Å². The average molecular weight is 443 g/mol. The molecular weight excluding hydrogens is 417 g/mol. The minimum atomic E-state index is -0.492. The summed E-state index contributed by atoms with van der Waals surface area (Å²) in [6.07, 6.45) is 3.55. The summed E-state index contributed by atoms with van der Waals surface area (Å²) >= 11 is 0. The Kier molecular flexibility index (Phi) is 7.09. The second-order valence-corrected chi connectivity index (χ2v) is 8.14. The molecule has 8 nitrogen and oxygen atoms in total. The molecule has 2 radical (unpaired) electrons. The van der Waals surface area contributed by atoms with Gasteiger partial charge in [-0.05, 0) is 74.7 Å². The third kappa shape index (κ3) is 5.81. The Hall–Kier alpha value is -3.59. The lowest BCUT2D eigenvalue weighted by molar-refractivity contribution is 0.0985. The summed E-state index contributed by atoms with van der Waals surface area (Å²) in [5.74, 6) is 0.344. The zero-order chi connectivity index (χ0) is 23.2. The van der Waals surface area contributed by atoms with E-state index < -0.39 is 11.8 Å². The van der Waals surface area contributed by atoms with Crippen LogP contribution >= 0.6 is 0 Å². The number of carbonyl (C=O) groups excluding carboxylic acids is 2. The second kappa shape index (κ2) is 10.4. The van der Waals surface area contributed by atoms with E-state index in [1.165, 1.54) is 6.33 Å². The van der Waals surface area contributed by atoms with Gasteiger partial charge in [0.25, 0.3) is 11.8 Å². The molecule has 33 heavy (non-hydrogen) atoms. The van der Waals surface area contributed by atoms with Crippen LogP contribution in [0.1, 0.15) is 39.4 Å². The Bertz CT molecular complexity index is 1120. The minimum absolute atomic E-state index is 0.000269. The van der Waals surface area contributed by atoms with E-state index in [1.54, 1.807) is 24.3 Å². The average Bonchev–Trinajstić information content (AvgIpc) is 3.32. The Morgan fingerprint density at radius 1 is 1.09 bits per heavy atom. The molecule has 1 aliphatic rings. The van der Waals surface area contributed by atoms with E-state index in [0.29, 0.717) is 29.4 Å². The van der Waals surface area contributed by atoms with E-state index in [1.807, 2.05) is 25.1 Å². The van der Waals surface area contributed by atoms with Gasteiger partial charge in [-0.1, -0.05) is 17.6 Å². The number of aryl methyl sites for hydroxylation is 1. The van der Waals surface area contributed by atoms with E-state index in [0.717, 1.165) is 37.2 Å². The van der Waals surface area contributed by atoms with Crippen molar-refractivity contribution < 1.29 is 14.3 Å². The quantitative estimate of drug-likeness (QED) is 0.420. The van der Waals surface area contributed by atoms with Gasteiger partial charge >= 0.3 is 0 Å². The van der Waals surface area contributed by atoms with E-state index >= 15 is 0 Å². The number of nitrogens with zero attached hydrogens (tertiary/aromatic N) is 1. The van der Waals surface area contributed by atoms with Crippen LogP contribution in [0.15, 0.2) is 48.8 Å². The van der Waals surface area contributed by atoms with Crippen LogP contribution < -0.4 is 26.2 Å². The zero-order valence-corrected chi connectivity index (χ0v) is 18.5. The predicted octanol–water partition coefficient (Wildman–Crippen LogP) is 2.39. The van der Waals surface area contributed by atoms with Crippen molar-refractivity contribution in [2.45, 2.75) is 19.8 Å². The summed E-state index contributed by atoms with van der Waals surface area (Å²) in [6.45, 7) is 4.61. The zero-order valence-electron chi connectivity index (χ0n) is 18.5. The Morgan fingerprint density at radius 3 is 2.61 bits per heavy atom. The number of carbonyl (C=O) groups is 2. The predicted molar refractivity (Wildman–Crippen MR) is 129 cm³/mol. The lowest BCUT2D eigenvalue weighted by atomic mass is 9.94. The molecule has 1 fully saturated rings. The van der Waals surface area contributed by atoms with Gasteiger partial charge < -0.3 is 25.7 Å². The fraction of sp³-hybridized carbons (Fsp3) is 0.292. The van der Waals surface area contributed by atoms with Gasteiger partial charge in [0.05, 0.1) is 12.9 Å². The standard InChI is InChI=1S/C24H26BN5O3/c1-15-2-3-17(25)12-20(15)30-24(32)22-21(27-14-28-22)23(31)29-18-4-6-19(7-5-18)33-13-16-8-10-26-11-9-16/h2-7,12,14,16,26H,8-11,13H2,1H3,(H,27,28)(H,29,31)(H,30,32). The number of nitrogens with one attached hydrogen (secondary N) is 4. The molecule has 0 saturated carbocycles. The molecule has 0 aliphatic carbocycles.